The van der Waals surface area contributed by atoms with Crippen LogP contribution in [0.1, 0.15) is 62.4 Å². The number of hydrogen-bond donors (Lipinski definition) is 1. The van der Waals surface area contributed by atoms with Crippen LogP contribution in [0.4, 0.5) is 5.00 Å². The molecule has 3 rings (SSSR count). The van der Waals surface area contributed by atoms with Gasteiger partial charge in [0.1, 0.15) is 5.00 Å². The minimum atomic E-state index is -1.05. The highest BCUT2D eigenvalue weighted by Crippen LogP contribution is 2.41. The molecule has 2 aromatic rings. The molecule has 5 nitrogen and oxygen atoms in total. The van der Waals surface area contributed by atoms with Crippen molar-refractivity contribution in [1.82, 2.24) is 0 Å². The highest BCUT2D eigenvalue weighted by Gasteiger charge is 2.33. The van der Waals surface area contributed by atoms with Crippen LogP contribution in [0.2, 0.25) is 0 Å². The Morgan fingerprint density at radius 3 is 2.48 bits per heavy atom. The van der Waals surface area contributed by atoms with Crippen LogP contribution in [0.5, 0.6) is 0 Å². The number of carbonyl (C=O) groups excluding carboxylic acids is 1. The van der Waals surface area contributed by atoms with Gasteiger partial charge in [0.25, 0.3) is 0 Å². The quantitative estimate of drug-likeness (QED) is 0.700. The van der Waals surface area contributed by atoms with E-state index >= 15 is 0 Å². The van der Waals surface area contributed by atoms with Gasteiger partial charge in [0.05, 0.1) is 17.2 Å². The van der Waals surface area contributed by atoms with E-state index in [1.54, 1.807) is 29.2 Å². The summed E-state index contributed by atoms with van der Waals surface area (Å²) in [4.78, 5) is 27.8. The summed E-state index contributed by atoms with van der Waals surface area (Å²) in [6.07, 6.45) is 3.78. The number of carboxylic acid groups (broad SMARTS) is 1. The zero-order valence-corrected chi connectivity index (χ0v) is 17.8. The van der Waals surface area contributed by atoms with Crippen molar-refractivity contribution in [2.24, 2.45) is 11.8 Å². The third-order valence-corrected chi connectivity index (χ3v) is 6.74. The van der Waals surface area contributed by atoms with E-state index in [2.05, 4.69) is 13.0 Å². The molecule has 1 aliphatic rings. The number of nitrogens with zero attached hydrogens (tertiary/aromatic N) is 2. The second-order valence-corrected chi connectivity index (χ2v) is 9.12. The van der Waals surface area contributed by atoms with Crippen molar-refractivity contribution in [3.05, 3.63) is 41.5 Å². The molecule has 0 radical (unpaired) electrons. The maximum Gasteiger partial charge on any atom is 0.338 e. The van der Waals surface area contributed by atoms with Crippen molar-refractivity contribution >= 4 is 28.2 Å². The van der Waals surface area contributed by atoms with E-state index in [0.29, 0.717) is 16.5 Å². The number of aromatic carboxylic acids is 1. The first kappa shape index (κ1) is 21.1. The average Bonchev–Trinajstić information content (AvgIpc) is 3.13. The molecule has 1 aromatic heterocycles. The van der Waals surface area contributed by atoms with Gasteiger partial charge in [0.15, 0.2) is 0 Å². The summed E-state index contributed by atoms with van der Waals surface area (Å²) in [7, 11) is 0. The Hall–Kier alpha value is -2.65. The molecule has 1 fully saturated rings. The maximum absolute atomic E-state index is 13.4. The van der Waals surface area contributed by atoms with Crippen LogP contribution in [0, 0.1) is 23.2 Å². The molecule has 0 spiro atoms. The van der Waals surface area contributed by atoms with Crippen LogP contribution in [-0.4, -0.2) is 23.0 Å². The molecule has 0 saturated heterocycles. The number of thiophene rings is 1. The van der Waals surface area contributed by atoms with E-state index in [1.807, 2.05) is 19.9 Å². The van der Waals surface area contributed by atoms with Crippen molar-refractivity contribution in [1.29, 1.82) is 5.26 Å². The van der Waals surface area contributed by atoms with Crippen molar-refractivity contribution in [2.75, 3.05) is 4.90 Å². The van der Waals surface area contributed by atoms with Gasteiger partial charge in [-0.05, 0) is 69.2 Å². The van der Waals surface area contributed by atoms with E-state index in [0.717, 1.165) is 36.1 Å². The Kier molecular flexibility index (Phi) is 6.39. The fraction of sp³-hybridized carbons (Fsp3) is 0.435. The summed E-state index contributed by atoms with van der Waals surface area (Å²) >= 11 is 1.30. The van der Waals surface area contributed by atoms with E-state index in [-0.39, 0.29) is 23.4 Å². The topological polar surface area (TPSA) is 81.4 Å². The molecule has 1 heterocycles. The van der Waals surface area contributed by atoms with Crippen molar-refractivity contribution in [2.45, 2.75) is 52.5 Å². The SMILES string of the molecule is CC1CCC(C(=O)N(c2sc(-c3cccc(C#N)c3)cc2C(=O)O)C(C)C)CC1. The standard InChI is InChI=1S/C23H26N2O3S/c1-14(2)25(21(26)17-9-7-15(3)8-10-17)22-19(23(27)28)12-20(29-22)18-6-4-5-16(11-18)13-24/h4-6,11-12,14-15,17H,7-10H2,1-3H3,(H,27,28). The fourth-order valence-corrected chi connectivity index (χ4v) is 5.18. The largest absolute Gasteiger partial charge is 0.478 e. The number of rotatable bonds is 5. The molecule has 1 amide bonds. The Morgan fingerprint density at radius 1 is 1.21 bits per heavy atom. The maximum atomic E-state index is 13.4. The summed E-state index contributed by atoms with van der Waals surface area (Å²) in [5, 5.41) is 19.4. The molecule has 152 valence electrons. The van der Waals surface area contributed by atoms with E-state index in [9.17, 15) is 14.7 Å². The van der Waals surface area contributed by atoms with Crippen LogP contribution in [0.15, 0.2) is 30.3 Å². The second-order valence-electron chi connectivity index (χ2n) is 8.09. The Labute approximate surface area is 175 Å². The fourth-order valence-electron chi connectivity index (χ4n) is 3.89. The van der Waals surface area contributed by atoms with Crippen LogP contribution >= 0.6 is 11.3 Å². The normalized spacial score (nSPS) is 19.0. The first-order chi connectivity index (χ1) is 13.8. The smallest absolute Gasteiger partial charge is 0.338 e. The molecule has 1 saturated carbocycles. The van der Waals surface area contributed by atoms with E-state index in [4.69, 9.17) is 5.26 Å². The van der Waals surface area contributed by atoms with Gasteiger partial charge in [-0.15, -0.1) is 11.3 Å². The third kappa shape index (κ3) is 4.51. The summed E-state index contributed by atoms with van der Waals surface area (Å²) < 4.78 is 0. The van der Waals surface area contributed by atoms with Crippen molar-refractivity contribution in [3.8, 4) is 16.5 Å². The lowest BCUT2D eigenvalue weighted by atomic mass is 9.82. The molecule has 29 heavy (non-hydrogen) atoms. The van der Waals surface area contributed by atoms with Gasteiger partial charge in [-0.1, -0.05) is 19.1 Å². The molecular weight excluding hydrogens is 384 g/mol. The molecular formula is C23H26N2O3S. The number of benzene rings is 1. The Bertz CT molecular complexity index is 949. The predicted molar refractivity (Wildman–Crippen MR) is 115 cm³/mol. The van der Waals surface area contributed by atoms with Gasteiger partial charge in [-0.25, -0.2) is 4.79 Å². The number of carboxylic acids is 1. The minimum Gasteiger partial charge on any atom is -0.478 e. The third-order valence-electron chi connectivity index (χ3n) is 5.56. The lowest BCUT2D eigenvalue weighted by Crippen LogP contribution is -2.42. The van der Waals surface area contributed by atoms with Crippen LogP contribution in [0.3, 0.4) is 0 Å². The van der Waals surface area contributed by atoms with Gasteiger partial charge in [0, 0.05) is 16.8 Å². The first-order valence-electron chi connectivity index (χ1n) is 10.0. The Morgan fingerprint density at radius 2 is 1.90 bits per heavy atom. The van der Waals surface area contributed by atoms with Gasteiger partial charge in [-0.3, -0.25) is 4.79 Å². The zero-order chi connectivity index (χ0) is 21.1. The average molecular weight is 411 g/mol. The number of anilines is 1. The summed E-state index contributed by atoms with van der Waals surface area (Å²) in [6.45, 7) is 6.06. The molecule has 0 aliphatic heterocycles. The zero-order valence-electron chi connectivity index (χ0n) is 17.0. The van der Waals surface area contributed by atoms with E-state index < -0.39 is 5.97 Å². The number of nitriles is 1. The van der Waals surface area contributed by atoms with Crippen LogP contribution < -0.4 is 4.90 Å². The van der Waals surface area contributed by atoms with Crippen molar-refractivity contribution in [3.63, 3.8) is 0 Å². The molecule has 0 bridgehead atoms. The second kappa shape index (κ2) is 8.79. The molecule has 1 aromatic carbocycles. The van der Waals surface area contributed by atoms with Crippen LogP contribution in [0.25, 0.3) is 10.4 Å². The highest BCUT2D eigenvalue weighted by molar-refractivity contribution is 7.20. The van der Waals surface area contributed by atoms with Crippen LogP contribution in [-0.2, 0) is 4.79 Å². The summed E-state index contributed by atoms with van der Waals surface area (Å²) in [5.41, 5.74) is 1.44. The highest BCUT2D eigenvalue weighted by atomic mass is 32.1. The number of carbonyl (C=O) groups is 2. The molecule has 0 unspecified atom stereocenters. The summed E-state index contributed by atoms with van der Waals surface area (Å²) in [6, 6.07) is 10.7. The minimum absolute atomic E-state index is 0.0218. The monoisotopic (exact) mass is 410 g/mol. The lowest BCUT2D eigenvalue weighted by Gasteiger charge is -2.33. The molecule has 1 aliphatic carbocycles. The van der Waals surface area contributed by atoms with Gasteiger partial charge >= 0.3 is 5.97 Å². The first-order valence-corrected chi connectivity index (χ1v) is 10.8. The number of hydrogen-bond acceptors (Lipinski definition) is 4. The molecule has 6 heteroatoms. The van der Waals surface area contributed by atoms with Gasteiger partial charge in [0.2, 0.25) is 5.91 Å². The van der Waals surface area contributed by atoms with E-state index in [1.165, 1.54) is 11.3 Å². The van der Waals surface area contributed by atoms with Gasteiger partial charge < -0.3 is 10.0 Å². The van der Waals surface area contributed by atoms with Crippen molar-refractivity contribution < 1.29 is 14.7 Å². The summed E-state index contributed by atoms with van der Waals surface area (Å²) in [5.74, 6) is -0.437. The lowest BCUT2D eigenvalue weighted by molar-refractivity contribution is -0.123. The Balaban J connectivity index is 2.01. The predicted octanol–water partition coefficient (Wildman–Crippen LogP) is 5.55. The molecule has 0 atom stereocenters. The van der Waals surface area contributed by atoms with Gasteiger partial charge in [-0.2, -0.15) is 5.26 Å². The molecule has 1 N–H and O–H groups in total. The number of amides is 1.